The van der Waals surface area contributed by atoms with Crippen LogP contribution in [0.4, 0.5) is 0 Å². The first-order chi connectivity index (χ1) is 7.43. The molecule has 0 aliphatic rings. The van der Waals surface area contributed by atoms with Crippen molar-refractivity contribution in [3.8, 4) is 0 Å². The third kappa shape index (κ3) is 1.32. The van der Waals surface area contributed by atoms with Crippen LogP contribution < -0.4 is 0 Å². The van der Waals surface area contributed by atoms with Crippen LogP contribution in [0.3, 0.4) is 0 Å². The Hall–Kier alpha value is -1.77. The van der Waals surface area contributed by atoms with Crippen LogP contribution in [0.5, 0.6) is 0 Å². The van der Waals surface area contributed by atoms with Gasteiger partial charge in [0.1, 0.15) is 0 Å². The van der Waals surface area contributed by atoms with E-state index in [9.17, 15) is 4.79 Å². The van der Waals surface area contributed by atoms with Gasteiger partial charge in [0.2, 0.25) is 0 Å². The topological polar surface area (TPSA) is 42.2 Å². The number of hydrogen-bond acceptors (Lipinski definition) is 1. The molecule has 3 nitrogen and oxygen atoms in total. The fraction of sp³-hybridized carbons (Fsp3) is 0.308. The van der Waals surface area contributed by atoms with Gasteiger partial charge in [-0.05, 0) is 44.0 Å². The predicted octanol–water partition coefficient (Wildman–Crippen LogP) is 2.80. The minimum atomic E-state index is -0.861. The minimum Gasteiger partial charge on any atom is -0.478 e. The Morgan fingerprint density at radius 3 is 2.44 bits per heavy atom. The SMILES string of the molecule is Cc1cc2c(cc1C(=O)O)c(C)c(C)n2C. The smallest absolute Gasteiger partial charge is 0.335 e. The highest BCUT2D eigenvalue weighted by Crippen LogP contribution is 2.27. The number of aromatic carboxylic acids is 1. The largest absolute Gasteiger partial charge is 0.478 e. The molecule has 2 rings (SSSR count). The molecule has 2 aromatic rings. The van der Waals surface area contributed by atoms with Gasteiger partial charge in [0, 0.05) is 23.6 Å². The van der Waals surface area contributed by atoms with E-state index in [1.165, 1.54) is 5.69 Å². The lowest BCUT2D eigenvalue weighted by Crippen LogP contribution is -1.99. The Morgan fingerprint density at radius 2 is 1.88 bits per heavy atom. The summed E-state index contributed by atoms with van der Waals surface area (Å²) in [5.41, 5.74) is 4.62. The molecule has 0 aliphatic heterocycles. The van der Waals surface area contributed by atoms with E-state index in [4.69, 9.17) is 5.11 Å². The summed E-state index contributed by atoms with van der Waals surface area (Å²) >= 11 is 0. The second-order valence-corrected chi connectivity index (χ2v) is 4.26. The summed E-state index contributed by atoms with van der Waals surface area (Å²) in [4.78, 5) is 11.1. The Morgan fingerprint density at radius 1 is 1.25 bits per heavy atom. The molecule has 1 heterocycles. The van der Waals surface area contributed by atoms with E-state index in [0.717, 1.165) is 22.0 Å². The van der Waals surface area contributed by atoms with Crippen molar-refractivity contribution in [3.63, 3.8) is 0 Å². The summed E-state index contributed by atoms with van der Waals surface area (Å²) in [6.45, 7) is 5.91. The molecule has 84 valence electrons. The van der Waals surface area contributed by atoms with Crippen LogP contribution >= 0.6 is 0 Å². The highest BCUT2D eigenvalue weighted by Gasteiger charge is 2.13. The standard InChI is InChI=1S/C13H15NO2/c1-7-5-12-11(6-10(7)13(15)16)8(2)9(3)14(12)4/h5-6H,1-4H3,(H,15,16). The van der Waals surface area contributed by atoms with Crippen molar-refractivity contribution >= 4 is 16.9 Å². The Balaban J connectivity index is 2.90. The van der Waals surface area contributed by atoms with Gasteiger partial charge in [0.05, 0.1) is 5.56 Å². The number of benzene rings is 1. The zero-order valence-electron chi connectivity index (χ0n) is 9.96. The summed E-state index contributed by atoms with van der Waals surface area (Å²) in [6, 6.07) is 3.72. The molecule has 0 saturated heterocycles. The van der Waals surface area contributed by atoms with Crippen LogP contribution in [-0.4, -0.2) is 15.6 Å². The maximum atomic E-state index is 11.1. The molecule has 0 atom stereocenters. The molecule has 0 unspecified atom stereocenters. The number of aromatic nitrogens is 1. The number of nitrogens with zero attached hydrogens (tertiary/aromatic N) is 1. The highest BCUT2D eigenvalue weighted by atomic mass is 16.4. The zero-order chi connectivity index (χ0) is 12.0. The Kier molecular flexibility index (Phi) is 2.26. The minimum absolute atomic E-state index is 0.390. The average Bonchev–Trinajstić information content (AvgIpc) is 2.43. The molecule has 1 aromatic heterocycles. The molecule has 0 spiro atoms. The second kappa shape index (κ2) is 3.37. The lowest BCUT2D eigenvalue weighted by molar-refractivity contribution is 0.0696. The van der Waals surface area contributed by atoms with E-state index >= 15 is 0 Å². The van der Waals surface area contributed by atoms with Crippen molar-refractivity contribution < 1.29 is 9.90 Å². The van der Waals surface area contributed by atoms with E-state index < -0.39 is 5.97 Å². The van der Waals surface area contributed by atoms with E-state index in [2.05, 4.69) is 4.57 Å². The summed E-state index contributed by atoms with van der Waals surface area (Å²) in [7, 11) is 2.00. The van der Waals surface area contributed by atoms with Crippen molar-refractivity contribution in [2.24, 2.45) is 7.05 Å². The van der Waals surface area contributed by atoms with Gasteiger partial charge < -0.3 is 9.67 Å². The van der Waals surface area contributed by atoms with E-state index in [-0.39, 0.29) is 0 Å². The fourth-order valence-electron chi connectivity index (χ4n) is 2.13. The van der Waals surface area contributed by atoms with E-state index in [0.29, 0.717) is 5.56 Å². The molecular weight excluding hydrogens is 202 g/mol. The van der Waals surface area contributed by atoms with Crippen LogP contribution in [0, 0.1) is 20.8 Å². The van der Waals surface area contributed by atoms with Gasteiger partial charge in [0.25, 0.3) is 0 Å². The molecular formula is C13H15NO2. The molecule has 0 aliphatic carbocycles. The predicted molar refractivity (Wildman–Crippen MR) is 64.1 cm³/mol. The lowest BCUT2D eigenvalue weighted by Gasteiger charge is -2.03. The van der Waals surface area contributed by atoms with Crippen molar-refractivity contribution in [2.45, 2.75) is 20.8 Å². The summed E-state index contributed by atoms with van der Waals surface area (Å²) in [5.74, 6) is -0.861. The number of fused-ring (bicyclic) bond motifs is 1. The van der Waals surface area contributed by atoms with Gasteiger partial charge >= 0.3 is 5.97 Å². The van der Waals surface area contributed by atoms with Crippen LogP contribution in [0.1, 0.15) is 27.2 Å². The van der Waals surface area contributed by atoms with Gasteiger partial charge in [-0.1, -0.05) is 0 Å². The molecule has 0 radical (unpaired) electrons. The molecule has 0 saturated carbocycles. The fourth-order valence-corrected chi connectivity index (χ4v) is 2.13. The third-order valence-corrected chi connectivity index (χ3v) is 3.38. The normalized spacial score (nSPS) is 11.0. The molecule has 1 N–H and O–H groups in total. The molecule has 0 fully saturated rings. The van der Waals surface area contributed by atoms with Crippen molar-refractivity contribution in [1.82, 2.24) is 4.57 Å². The number of carboxylic acids is 1. The number of hydrogen-bond donors (Lipinski definition) is 1. The summed E-state index contributed by atoms with van der Waals surface area (Å²) < 4.78 is 2.10. The quantitative estimate of drug-likeness (QED) is 0.798. The molecule has 0 bridgehead atoms. The monoisotopic (exact) mass is 217 g/mol. The highest BCUT2D eigenvalue weighted by molar-refractivity contribution is 5.97. The van der Waals surface area contributed by atoms with E-state index in [1.54, 1.807) is 6.07 Å². The molecule has 3 heteroatoms. The van der Waals surface area contributed by atoms with Gasteiger partial charge in [0.15, 0.2) is 0 Å². The second-order valence-electron chi connectivity index (χ2n) is 4.26. The maximum absolute atomic E-state index is 11.1. The maximum Gasteiger partial charge on any atom is 0.335 e. The number of carboxylic acid groups (broad SMARTS) is 1. The molecule has 1 aromatic carbocycles. The van der Waals surface area contributed by atoms with Gasteiger partial charge in [-0.2, -0.15) is 0 Å². The van der Waals surface area contributed by atoms with Gasteiger partial charge in [-0.25, -0.2) is 4.79 Å². The summed E-state index contributed by atoms with van der Waals surface area (Å²) in [6.07, 6.45) is 0. The van der Waals surface area contributed by atoms with Gasteiger partial charge in [-0.15, -0.1) is 0 Å². The van der Waals surface area contributed by atoms with Crippen molar-refractivity contribution in [2.75, 3.05) is 0 Å². The van der Waals surface area contributed by atoms with Crippen molar-refractivity contribution in [1.29, 1.82) is 0 Å². The molecule has 16 heavy (non-hydrogen) atoms. The lowest BCUT2D eigenvalue weighted by atomic mass is 10.0. The number of carbonyl (C=O) groups is 1. The number of aryl methyl sites for hydroxylation is 3. The van der Waals surface area contributed by atoms with Gasteiger partial charge in [-0.3, -0.25) is 0 Å². The van der Waals surface area contributed by atoms with E-state index in [1.807, 2.05) is 33.9 Å². The first-order valence-corrected chi connectivity index (χ1v) is 5.23. The molecule has 0 amide bonds. The third-order valence-electron chi connectivity index (χ3n) is 3.38. The zero-order valence-corrected chi connectivity index (χ0v) is 9.96. The first-order valence-electron chi connectivity index (χ1n) is 5.23. The van der Waals surface area contributed by atoms with Crippen LogP contribution in [0.2, 0.25) is 0 Å². The first kappa shape index (κ1) is 10.7. The van der Waals surface area contributed by atoms with Crippen LogP contribution in [-0.2, 0) is 7.05 Å². The number of rotatable bonds is 1. The Bertz CT molecular complexity index is 594. The van der Waals surface area contributed by atoms with Crippen LogP contribution in [0.15, 0.2) is 12.1 Å². The van der Waals surface area contributed by atoms with Crippen molar-refractivity contribution in [3.05, 3.63) is 34.5 Å². The van der Waals surface area contributed by atoms with Crippen LogP contribution in [0.25, 0.3) is 10.9 Å². The average molecular weight is 217 g/mol. The summed E-state index contributed by atoms with van der Waals surface area (Å²) in [5, 5.41) is 10.1. The Labute approximate surface area is 94.3 Å².